The van der Waals surface area contributed by atoms with Crippen LogP contribution in [0.1, 0.15) is 95.1 Å². The second-order valence-corrected chi connectivity index (χ2v) is 9.80. The normalized spacial score (nSPS) is 25.2. The van der Waals surface area contributed by atoms with Gasteiger partial charge in [-0.3, -0.25) is 0 Å². The highest BCUT2D eigenvalue weighted by Crippen LogP contribution is 2.60. The number of hydrogen-bond donors (Lipinski definition) is 0. The number of rotatable bonds is 8. The van der Waals surface area contributed by atoms with Crippen LogP contribution in [0.15, 0.2) is 42.5 Å². The summed E-state index contributed by atoms with van der Waals surface area (Å²) in [5.41, 5.74) is 4.39. The van der Waals surface area contributed by atoms with Gasteiger partial charge in [-0.05, 0) is 84.6 Å². The Balaban J connectivity index is 1.52. The van der Waals surface area contributed by atoms with Gasteiger partial charge in [0, 0.05) is 0 Å². The summed E-state index contributed by atoms with van der Waals surface area (Å²) in [6.45, 7) is 2.28. The van der Waals surface area contributed by atoms with Crippen LogP contribution in [0.25, 0.3) is 11.1 Å². The molecule has 30 heavy (non-hydrogen) atoms. The first-order valence-electron chi connectivity index (χ1n) is 11.9. The molecule has 0 spiro atoms. The third-order valence-electron chi connectivity index (χ3n) is 8.11. The van der Waals surface area contributed by atoms with E-state index < -0.39 is 5.82 Å². The summed E-state index contributed by atoms with van der Waals surface area (Å²) in [5.74, 6) is -0.420. The van der Waals surface area contributed by atoms with Gasteiger partial charge >= 0.3 is 0 Å². The number of halogens is 1. The van der Waals surface area contributed by atoms with E-state index in [1.54, 1.807) is 12.1 Å². The van der Waals surface area contributed by atoms with E-state index in [0.717, 1.165) is 11.1 Å². The Bertz CT molecular complexity index is 898. The predicted octanol–water partition coefficient (Wildman–Crippen LogP) is 8.32. The Morgan fingerprint density at radius 3 is 2.27 bits per heavy atom. The van der Waals surface area contributed by atoms with Gasteiger partial charge in [-0.25, -0.2) is 4.39 Å². The van der Waals surface area contributed by atoms with Crippen molar-refractivity contribution in [1.29, 1.82) is 5.26 Å². The summed E-state index contributed by atoms with van der Waals surface area (Å²) in [5, 5.41) is 9.06. The van der Waals surface area contributed by atoms with E-state index in [9.17, 15) is 4.39 Å². The van der Waals surface area contributed by atoms with E-state index >= 15 is 0 Å². The molecule has 0 aliphatic heterocycles. The van der Waals surface area contributed by atoms with Crippen LogP contribution in [0, 0.1) is 22.6 Å². The van der Waals surface area contributed by atoms with E-state index in [1.807, 2.05) is 12.1 Å². The summed E-state index contributed by atoms with van der Waals surface area (Å²) >= 11 is 0. The topological polar surface area (TPSA) is 23.8 Å². The molecule has 2 heteroatoms. The molecular weight excluding hydrogens is 369 g/mol. The maximum absolute atomic E-state index is 14.3. The number of fused-ring (bicyclic) bond motifs is 3. The molecule has 2 aromatic carbocycles. The minimum absolute atomic E-state index is 0.119. The zero-order valence-corrected chi connectivity index (χ0v) is 18.4. The highest BCUT2D eigenvalue weighted by Gasteiger charge is 2.49. The molecule has 3 fully saturated rings. The molecule has 0 N–H and O–H groups in total. The monoisotopic (exact) mass is 403 g/mol. The van der Waals surface area contributed by atoms with Crippen molar-refractivity contribution in [2.24, 2.45) is 5.41 Å². The molecule has 3 aliphatic carbocycles. The lowest BCUT2D eigenvalue weighted by atomic mass is 9.50. The average molecular weight is 404 g/mol. The first-order chi connectivity index (χ1) is 14.6. The second kappa shape index (κ2) is 8.93. The van der Waals surface area contributed by atoms with E-state index in [-0.39, 0.29) is 11.0 Å². The van der Waals surface area contributed by atoms with E-state index in [1.165, 1.54) is 82.6 Å². The SMILES string of the molecule is CCCCCCCC12CCC(c3ccccc3-c3ccc(C#N)c(F)c3)(CC1)CC2. The Labute approximate surface area is 181 Å². The fourth-order valence-corrected chi connectivity index (χ4v) is 6.12. The van der Waals surface area contributed by atoms with Gasteiger partial charge in [0.2, 0.25) is 0 Å². The van der Waals surface area contributed by atoms with Crippen molar-refractivity contribution in [3.8, 4) is 17.2 Å². The summed E-state index contributed by atoms with van der Waals surface area (Å²) < 4.78 is 14.3. The van der Waals surface area contributed by atoms with Crippen LogP contribution in [0.2, 0.25) is 0 Å². The van der Waals surface area contributed by atoms with Gasteiger partial charge in [0.05, 0.1) is 5.56 Å². The summed E-state index contributed by atoms with van der Waals surface area (Å²) in [6, 6.07) is 15.6. The number of hydrogen-bond acceptors (Lipinski definition) is 1. The molecule has 2 aromatic rings. The lowest BCUT2D eigenvalue weighted by molar-refractivity contribution is 0.0307. The molecule has 5 rings (SSSR count). The van der Waals surface area contributed by atoms with E-state index in [4.69, 9.17) is 5.26 Å². The quantitative estimate of drug-likeness (QED) is 0.406. The van der Waals surface area contributed by atoms with Crippen molar-refractivity contribution in [2.45, 2.75) is 89.4 Å². The number of nitriles is 1. The molecule has 0 radical (unpaired) electrons. The van der Waals surface area contributed by atoms with Crippen molar-refractivity contribution in [3.63, 3.8) is 0 Å². The summed E-state index contributed by atoms with van der Waals surface area (Å²) in [4.78, 5) is 0. The van der Waals surface area contributed by atoms with Crippen LogP contribution in [-0.4, -0.2) is 0 Å². The molecule has 0 heterocycles. The maximum atomic E-state index is 14.3. The van der Waals surface area contributed by atoms with Crippen LogP contribution in [-0.2, 0) is 5.41 Å². The molecule has 0 saturated heterocycles. The fourth-order valence-electron chi connectivity index (χ4n) is 6.12. The zero-order chi connectivity index (χ0) is 21.0. The lowest BCUT2D eigenvalue weighted by Gasteiger charge is -2.54. The van der Waals surface area contributed by atoms with Gasteiger partial charge in [0.15, 0.2) is 0 Å². The first kappa shape index (κ1) is 21.1. The van der Waals surface area contributed by atoms with Crippen LogP contribution < -0.4 is 0 Å². The van der Waals surface area contributed by atoms with Gasteiger partial charge in [-0.2, -0.15) is 5.26 Å². The molecule has 3 aliphatic rings. The summed E-state index contributed by atoms with van der Waals surface area (Å²) in [7, 11) is 0. The molecule has 0 unspecified atom stereocenters. The molecule has 0 atom stereocenters. The molecule has 158 valence electrons. The van der Waals surface area contributed by atoms with Crippen LogP contribution in [0.4, 0.5) is 4.39 Å². The van der Waals surface area contributed by atoms with E-state index in [0.29, 0.717) is 5.41 Å². The van der Waals surface area contributed by atoms with E-state index in [2.05, 4.69) is 31.2 Å². The number of nitrogens with zero attached hydrogens (tertiary/aromatic N) is 1. The minimum atomic E-state index is -0.420. The zero-order valence-electron chi connectivity index (χ0n) is 18.4. The highest BCUT2D eigenvalue weighted by atomic mass is 19.1. The van der Waals surface area contributed by atoms with Crippen molar-refractivity contribution in [2.75, 3.05) is 0 Å². The highest BCUT2D eigenvalue weighted by molar-refractivity contribution is 5.70. The lowest BCUT2D eigenvalue weighted by Crippen LogP contribution is -2.44. The Morgan fingerprint density at radius 1 is 0.900 bits per heavy atom. The molecule has 3 saturated carbocycles. The smallest absolute Gasteiger partial charge is 0.141 e. The van der Waals surface area contributed by atoms with Crippen LogP contribution >= 0.6 is 0 Å². The number of unbranched alkanes of at least 4 members (excludes halogenated alkanes) is 4. The van der Waals surface area contributed by atoms with Gasteiger partial charge in [-0.15, -0.1) is 0 Å². The second-order valence-electron chi connectivity index (χ2n) is 9.80. The first-order valence-corrected chi connectivity index (χ1v) is 11.9. The van der Waals surface area contributed by atoms with Crippen molar-refractivity contribution >= 4 is 0 Å². The minimum Gasteiger partial charge on any atom is -0.206 e. The molecule has 0 amide bonds. The Kier molecular flexibility index (Phi) is 6.28. The van der Waals surface area contributed by atoms with Crippen LogP contribution in [0.3, 0.4) is 0 Å². The van der Waals surface area contributed by atoms with Gasteiger partial charge in [0.1, 0.15) is 11.9 Å². The van der Waals surface area contributed by atoms with Crippen molar-refractivity contribution < 1.29 is 4.39 Å². The van der Waals surface area contributed by atoms with Gasteiger partial charge in [-0.1, -0.05) is 69.4 Å². The maximum Gasteiger partial charge on any atom is 0.141 e. The fraction of sp³-hybridized carbons (Fsp3) is 0.536. The van der Waals surface area contributed by atoms with Crippen molar-refractivity contribution in [3.05, 3.63) is 59.4 Å². The van der Waals surface area contributed by atoms with Crippen molar-refractivity contribution in [1.82, 2.24) is 0 Å². The predicted molar refractivity (Wildman–Crippen MR) is 122 cm³/mol. The molecule has 1 nitrogen and oxygen atoms in total. The third kappa shape index (κ3) is 4.04. The van der Waals surface area contributed by atoms with Gasteiger partial charge in [0.25, 0.3) is 0 Å². The summed E-state index contributed by atoms with van der Waals surface area (Å²) in [6.07, 6.45) is 16.1. The van der Waals surface area contributed by atoms with Gasteiger partial charge < -0.3 is 0 Å². The molecular formula is C28H34FN. The Morgan fingerprint density at radius 2 is 1.60 bits per heavy atom. The number of benzene rings is 2. The molecule has 0 aromatic heterocycles. The standard InChI is InChI=1S/C28H34FN/c1-2-3-4-5-8-13-27-14-17-28(18-15-27,19-16-27)25-10-7-6-9-24(25)22-11-12-23(21-30)26(29)20-22/h6-7,9-12,20H,2-5,8,13-19H2,1H3. The Hall–Kier alpha value is -2.14. The van der Waals surface area contributed by atoms with Crippen LogP contribution in [0.5, 0.6) is 0 Å². The molecule has 2 bridgehead atoms. The third-order valence-corrected chi connectivity index (χ3v) is 8.11. The average Bonchev–Trinajstić information content (AvgIpc) is 2.80. The largest absolute Gasteiger partial charge is 0.206 e.